The molecule has 6 nitrogen and oxygen atoms in total. The predicted octanol–water partition coefficient (Wildman–Crippen LogP) is 1.24. The fourth-order valence-electron chi connectivity index (χ4n) is 1.50. The molecule has 0 saturated carbocycles. The van der Waals surface area contributed by atoms with Crippen LogP contribution in [0.1, 0.15) is 22.5 Å². The summed E-state index contributed by atoms with van der Waals surface area (Å²) in [5.41, 5.74) is 0.583. The van der Waals surface area contributed by atoms with Crippen molar-refractivity contribution < 1.29 is 28.2 Å². The number of amides is 1. The van der Waals surface area contributed by atoms with Crippen molar-refractivity contribution in [2.45, 2.75) is 25.8 Å². The molecule has 1 rings (SSSR count). The topological polar surface area (TPSA) is 88.5 Å². The zero-order valence-electron chi connectivity index (χ0n) is 10.9. The first-order valence-corrected chi connectivity index (χ1v) is 5.68. The van der Waals surface area contributed by atoms with Gasteiger partial charge in [0.2, 0.25) is 12.3 Å². The van der Waals surface area contributed by atoms with Gasteiger partial charge in [-0.15, -0.1) is 0 Å². The van der Waals surface area contributed by atoms with E-state index in [1.165, 1.54) is 19.2 Å². The lowest BCUT2D eigenvalue weighted by molar-refractivity contribution is -0.140. The number of rotatable bonds is 6. The van der Waals surface area contributed by atoms with E-state index < -0.39 is 30.8 Å². The number of halogens is 2. The standard InChI is InChI=1S/C12H14F2N2O4/c1-6-3-4-7(11(15-6)20-2)10(17)16-8(12(18)19)5-9(13)14/h3-4,8-9H,5H2,1-2H3,(H,16,17)(H,18,19). The number of carboxylic acid groups (broad SMARTS) is 1. The van der Waals surface area contributed by atoms with E-state index in [4.69, 9.17) is 9.84 Å². The molecule has 0 aliphatic rings. The Kier molecular flexibility index (Phi) is 5.36. The van der Waals surface area contributed by atoms with Gasteiger partial charge in [0.05, 0.1) is 7.11 Å². The van der Waals surface area contributed by atoms with Crippen LogP contribution in [0.5, 0.6) is 5.88 Å². The van der Waals surface area contributed by atoms with Gasteiger partial charge in [0.25, 0.3) is 5.91 Å². The molecule has 0 aliphatic carbocycles. The highest BCUT2D eigenvalue weighted by atomic mass is 19.3. The van der Waals surface area contributed by atoms with E-state index in [-0.39, 0.29) is 11.4 Å². The van der Waals surface area contributed by atoms with Crippen molar-refractivity contribution in [1.29, 1.82) is 0 Å². The van der Waals surface area contributed by atoms with E-state index in [0.29, 0.717) is 5.69 Å². The summed E-state index contributed by atoms with van der Waals surface area (Å²) >= 11 is 0. The van der Waals surface area contributed by atoms with Gasteiger partial charge in [0.15, 0.2) is 0 Å². The van der Waals surface area contributed by atoms with E-state index in [9.17, 15) is 18.4 Å². The molecule has 1 heterocycles. The Morgan fingerprint density at radius 3 is 2.60 bits per heavy atom. The van der Waals surface area contributed by atoms with Gasteiger partial charge in [0, 0.05) is 12.1 Å². The maximum absolute atomic E-state index is 12.2. The van der Waals surface area contributed by atoms with Crippen LogP contribution in [0, 0.1) is 6.92 Å². The summed E-state index contributed by atoms with van der Waals surface area (Å²) in [5, 5.41) is 10.8. The summed E-state index contributed by atoms with van der Waals surface area (Å²) in [4.78, 5) is 26.7. The second-order valence-corrected chi connectivity index (χ2v) is 4.00. The minimum absolute atomic E-state index is 0.00341. The lowest BCUT2D eigenvalue weighted by Crippen LogP contribution is -2.42. The van der Waals surface area contributed by atoms with Crippen LogP contribution in [0.2, 0.25) is 0 Å². The SMILES string of the molecule is COc1nc(C)ccc1C(=O)NC(CC(F)F)C(=O)O. The van der Waals surface area contributed by atoms with E-state index in [1.54, 1.807) is 6.92 Å². The van der Waals surface area contributed by atoms with Gasteiger partial charge >= 0.3 is 5.97 Å². The minimum Gasteiger partial charge on any atom is -0.480 e. The summed E-state index contributed by atoms with van der Waals surface area (Å²) in [6.45, 7) is 1.68. The Morgan fingerprint density at radius 2 is 2.10 bits per heavy atom. The molecule has 0 aliphatic heterocycles. The number of carbonyl (C=O) groups excluding carboxylic acids is 1. The number of carbonyl (C=O) groups is 2. The zero-order valence-corrected chi connectivity index (χ0v) is 10.9. The number of ether oxygens (including phenoxy) is 1. The van der Waals surface area contributed by atoms with Gasteiger partial charge in [0.1, 0.15) is 11.6 Å². The molecular weight excluding hydrogens is 274 g/mol. The molecule has 0 fully saturated rings. The quantitative estimate of drug-likeness (QED) is 0.822. The van der Waals surface area contributed by atoms with Gasteiger partial charge in [-0.3, -0.25) is 4.79 Å². The molecule has 0 bridgehead atoms. The molecule has 1 aromatic rings. The monoisotopic (exact) mass is 288 g/mol. The number of methoxy groups -OCH3 is 1. The van der Waals surface area contributed by atoms with Gasteiger partial charge in [-0.2, -0.15) is 0 Å². The molecule has 0 radical (unpaired) electrons. The number of carboxylic acids is 1. The van der Waals surface area contributed by atoms with Crippen molar-refractivity contribution in [1.82, 2.24) is 10.3 Å². The van der Waals surface area contributed by atoms with Crippen molar-refractivity contribution in [3.63, 3.8) is 0 Å². The fourth-order valence-corrected chi connectivity index (χ4v) is 1.50. The first-order valence-electron chi connectivity index (χ1n) is 5.68. The molecule has 1 amide bonds. The number of aromatic nitrogens is 1. The van der Waals surface area contributed by atoms with E-state index in [0.717, 1.165) is 0 Å². The average Bonchev–Trinajstić information content (AvgIpc) is 2.36. The number of aliphatic carboxylic acids is 1. The number of alkyl halides is 2. The third-order valence-corrected chi connectivity index (χ3v) is 2.45. The van der Waals surface area contributed by atoms with Crippen LogP contribution >= 0.6 is 0 Å². The van der Waals surface area contributed by atoms with Crippen LogP contribution in [-0.2, 0) is 4.79 Å². The van der Waals surface area contributed by atoms with E-state index in [1.807, 2.05) is 5.32 Å². The second-order valence-electron chi connectivity index (χ2n) is 4.00. The van der Waals surface area contributed by atoms with Crippen LogP contribution in [0.3, 0.4) is 0 Å². The van der Waals surface area contributed by atoms with E-state index in [2.05, 4.69) is 4.98 Å². The number of hydrogen-bond donors (Lipinski definition) is 2. The zero-order chi connectivity index (χ0) is 15.3. The van der Waals surface area contributed by atoms with Crippen molar-refractivity contribution in [2.75, 3.05) is 7.11 Å². The van der Waals surface area contributed by atoms with Crippen LogP contribution in [0.25, 0.3) is 0 Å². The highest BCUT2D eigenvalue weighted by Gasteiger charge is 2.26. The number of hydrogen-bond acceptors (Lipinski definition) is 4. The Morgan fingerprint density at radius 1 is 1.45 bits per heavy atom. The molecule has 2 N–H and O–H groups in total. The van der Waals surface area contributed by atoms with Gasteiger partial charge in [-0.05, 0) is 19.1 Å². The van der Waals surface area contributed by atoms with Crippen molar-refractivity contribution >= 4 is 11.9 Å². The van der Waals surface area contributed by atoms with Crippen LogP contribution < -0.4 is 10.1 Å². The molecular formula is C12H14F2N2O4. The first-order chi connectivity index (χ1) is 9.35. The number of pyridine rings is 1. The number of nitrogens with one attached hydrogen (secondary N) is 1. The predicted molar refractivity (Wildman–Crippen MR) is 65.0 cm³/mol. The number of aryl methyl sites for hydroxylation is 1. The van der Waals surface area contributed by atoms with E-state index >= 15 is 0 Å². The van der Waals surface area contributed by atoms with Gasteiger partial charge in [-0.1, -0.05) is 0 Å². The largest absolute Gasteiger partial charge is 0.480 e. The molecule has 110 valence electrons. The summed E-state index contributed by atoms with van der Waals surface area (Å²) < 4.78 is 29.4. The van der Waals surface area contributed by atoms with Crippen LogP contribution in [0.4, 0.5) is 8.78 Å². The Balaban J connectivity index is 2.91. The van der Waals surface area contributed by atoms with Crippen molar-refractivity contribution in [3.8, 4) is 5.88 Å². The van der Waals surface area contributed by atoms with Gasteiger partial charge in [-0.25, -0.2) is 18.6 Å². The lowest BCUT2D eigenvalue weighted by atomic mass is 10.1. The third-order valence-electron chi connectivity index (χ3n) is 2.45. The minimum atomic E-state index is -2.84. The lowest BCUT2D eigenvalue weighted by Gasteiger charge is -2.15. The molecule has 1 aromatic heterocycles. The highest BCUT2D eigenvalue weighted by Crippen LogP contribution is 2.16. The average molecular weight is 288 g/mol. The second kappa shape index (κ2) is 6.78. The third kappa shape index (κ3) is 4.15. The molecule has 20 heavy (non-hydrogen) atoms. The van der Waals surface area contributed by atoms with Crippen molar-refractivity contribution in [3.05, 3.63) is 23.4 Å². The number of nitrogens with zero attached hydrogens (tertiary/aromatic N) is 1. The summed E-state index contributed by atoms with van der Waals surface area (Å²) in [6, 6.07) is 1.24. The Bertz CT molecular complexity index is 508. The van der Waals surface area contributed by atoms with Gasteiger partial charge < -0.3 is 15.2 Å². The summed E-state index contributed by atoms with van der Waals surface area (Å²) in [6.07, 6.45) is -3.81. The van der Waals surface area contributed by atoms with Crippen LogP contribution in [0.15, 0.2) is 12.1 Å². The molecule has 0 saturated heterocycles. The first kappa shape index (κ1) is 15.8. The molecule has 8 heteroatoms. The maximum Gasteiger partial charge on any atom is 0.326 e. The van der Waals surface area contributed by atoms with Crippen LogP contribution in [-0.4, -0.2) is 41.5 Å². The molecule has 1 atom stereocenters. The highest BCUT2D eigenvalue weighted by molar-refractivity contribution is 5.98. The van der Waals surface area contributed by atoms with Crippen molar-refractivity contribution in [2.24, 2.45) is 0 Å². The summed E-state index contributed by atoms with van der Waals surface area (Å²) in [5.74, 6) is -2.36. The fraction of sp³-hybridized carbons (Fsp3) is 0.417. The Hall–Kier alpha value is -2.25. The molecule has 0 spiro atoms. The normalized spacial score (nSPS) is 12.1. The maximum atomic E-state index is 12.2. The molecule has 0 aromatic carbocycles. The Labute approximate surface area is 113 Å². The smallest absolute Gasteiger partial charge is 0.326 e. The molecule has 1 unspecified atom stereocenters. The summed E-state index contributed by atoms with van der Waals surface area (Å²) in [7, 11) is 1.30.